The van der Waals surface area contributed by atoms with Gasteiger partial charge in [-0.1, -0.05) is 13.8 Å². The van der Waals surface area contributed by atoms with Crippen LogP contribution in [0.25, 0.3) is 0 Å². The van der Waals surface area contributed by atoms with Crippen LogP contribution in [0, 0.1) is 5.92 Å². The summed E-state index contributed by atoms with van der Waals surface area (Å²) in [6.07, 6.45) is 0.388. The number of carbonyl (C=O) groups is 1. The Kier molecular flexibility index (Phi) is 3.44. The summed E-state index contributed by atoms with van der Waals surface area (Å²) >= 11 is 0. The summed E-state index contributed by atoms with van der Waals surface area (Å²) in [5.74, 6) is 0.398. The van der Waals surface area contributed by atoms with Crippen molar-refractivity contribution >= 4 is 6.29 Å². The van der Waals surface area contributed by atoms with Crippen LogP contribution in [0.2, 0.25) is 0 Å². The molecule has 0 aromatic heterocycles. The van der Waals surface area contributed by atoms with Crippen LogP contribution in [0.1, 0.15) is 20.3 Å². The van der Waals surface area contributed by atoms with Gasteiger partial charge in [-0.25, -0.2) is 0 Å². The Morgan fingerprint density at radius 1 is 1.62 bits per heavy atom. The molecule has 1 atom stereocenters. The maximum Gasteiger partial charge on any atom is 0.148 e. The smallest absolute Gasteiger partial charge is 0.148 e. The summed E-state index contributed by atoms with van der Waals surface area (Å²) in [6, 6.07) is 0. The molecule has 0 rings (SSSR count). The summed E-state index contributed by atoms with van der Waals surface area (Å²) in [7, 11) is 0. The fraction of sp³-hybridized carbons (Fsp3) is 0.833. The van der Waals surface area contributed by atoms with Crippen molar-refractivity contribution in [2.75, 3.05) is 0 Å². The van der Waals surface area contributed by atoms with Crippen LogP contribution >= 0.6 is 0 Å². The molecule has 0 bridgehead atoms. The number of aldehydes is 1. The number of aliphatic hydroxyl groups is 1. The molecule has 0 aliphatic heterocycles. The van der Waals surface area contributed by atoms with Crippen LogP contribution in [0.15, 0.2) is 0 Å². The van der Waals surface area contributed by atoms with Crippen LogP contribution in [0.5, 0.6) is 0 Å². The average molecular weight is 116 g/mol. The first-order chi connectivity index (χ1) is 3.66. The van der Waals surface area contributed by atoms with E-state index < -0.39 is 6.10 Å². The van der Waals surface area contributed by atoms with Gasteiger partial charge in [0.1, 0.15) is 12.4 Å². The summed E-state index contributed by atoms with van der Waals surface area (Å²) in [4.78, 5) is 9.79. The van der Waals surface area contributed by atoms with Crippen molar-refractivity contribution in [3.8, 4) is 0 Å². The zero-order chi connectivity index (χ0) is 6.57. The maximum absolute atomic E-state index is 9.79. The van der Waals surface area contributed by atoms with Crippen molar-refractivity contribution in [3.05, 3.63) is 0 Å². The lowest BCUT2D eigenvalue weighted by Gasteiger charge is -2.03. The number of hydrogen-bond donors (Lipinski definition) is 1. The second kappa shape index (κ2) is 3.61. The van der Waals surface area contributed by atoms with E-state index in [1.165, 1.54) is 0 Å². The molecule has 0 fully saturated rings. The van der Waals surface area contributed by atoms with E-state index in [4.69, 9.17) is 5.11 Å². The third kappa shape index (κ3) is 3.81. The Bertz CT molecular complexity index is 68.9. The lowest BCUT2D eigenvalue weighted by Crippen LogP contribution is -2.10. The lowest BCUT2D eigenvalue weighted by atomic mass is 10.1. The van der Waals surface area contributed by atoms with E-state index in [2.05, 4.69) is 0 Å². The SMILES string of the molecule is CC(C)CC(O)C=O. The van der Waals surface area contributed by atoms with Crippen LogP contribution in [0.3, 0.4) is 0 Å². The third-order valence-corrected chi connectivity index (χ3v) is 0.870. The summed E-state index contributed by atoms with van der Waals surface area (Å²) in [5.41, 5.74) is 0. The highest BCUT2D eigenvalue weighted by molar-refractivity contribution is 5.55. The van der Waals surface area contributed by atoms with E-state index in [1.807, 2.05) is 13.8 Å². The van der Waals surface area contributed by atoms with Crippen molar-refractivity contribution in [1.82, 2.24) is 0 Å². The third-order valence-electron chi connectivity index (χ3n) is 0.870. The minimum atomic E-state index is -0.755. The van der Waals surface area contributed by atoms with Crippen molar-refractivity contribution in [1.29, 1.82) is 0 Å². The molecule has 0 saturated carbocycles. The zero-order valence-electron chi connectivity index (χ0n) is 5.29. The van der Waals surface area contributed by atoms with Gasteiger partial charge in [0.25, 0.3) is 0 Å². The minimum absolute atomic E-state index is 0.398. The van der Waals surface area contributed by atoms with Crippen molar-refractivity contribution < 1.29 is 9.90 Å². The van der Waals surface area contributed by atoms with E-state index in [9.17, 15) is 4.79 Å². The van der Waals surface area contributed by atoms with Crippen molar-refractivity contribution in [3.63, 3.8) is 0 Å². The molecule has 1 N–H and O–H groups in total. The van der Waals surface area contributed by atoms with Gasteiger partial charge in [-0.2, -0.15) is 0 Å². The monoisotopic (exact) mass is 116 g/mol. The Labute approximate surface area is 49.5 Å². The first kappa shape index (κ1) is 7.63. The van der Waals surface area contributed by atoms with Gasteiger partial charge in [0.15, 0.2) is 0 Å². The number of hydrogen-bond acceptors (Lipinski definition) is 2. The highest BCUT2D eigenvalue weighted by Gasteiger charge is 2.02. The normalized spacial score (nSPS) is 14.0. The molecular weight excluding hydrogens is 104 g/mol. The first-order valence-corrected chi connectivity index (χ1v) is 2.80. The van der Waals surface area contributed by atoms with Gasteiger partial charge in [0, 0.05) is 0 Å². The van der Waals surface area contributed by atoms with Gasteiger partial charge in [0.2, 0.25) is 0 Å². The second-order valence-electron chi connectivity index (χ2n) is 2.33. The average Bonchev–Trinajstić information content (AvgIpc) is 1.65. The molecule has 1 unspecified atom stereocenters. The van der Waals surface area contributed by atoms with Gasteiger partial charge in [-0.15, -0.1) is 0 Å². The minimum Gasteiger partial charge on any atom is -0.386 e. The highest BCUT2D eigenvalue weighted by atomic mass is 16.3. The summed E-state index contributed by atoms with van der Waals surface area (Å²) in [6.45, 7) is 3.93. The molecule has 0 amide bonds. The van der Waals surface area contributed by atoms with E-state index in [1.54, 1.807) is 0 Å². The molecule has 0 radical (unpaired) electrons. The van der Waals surface area contributed by atoms with Gasteiger partial charge in [-0.3, -0.25) is 0 Å². The Hall–Kier alpha value is -0.370. The van der Waals surface area contributed by atoms with E-state index >= 15 is 0 Å². The van der Waals surface area contributed by atoms with Crippen LogP contribution in [-0.4, -0.2) is 17.5 Å². The fourth-order valence-electron chi connectivity index (χ4n) is 0.539. The maximum atomic E-state index is 9.79. The van der Waals surface area contributed by atoms with Crippen LogP contribution in [-0.2, 0) is 4.79 Å². The van der Waals surface area contributed by atoms with Gasteiger partial charge in [-0.05, 0) is 12.3 Å². The lowest BCUT2D eigenvalue weighted by molar-refractivity contribution is -0.115. The Balaban J connectivity index is 3.23. The Morgan fingerprint density at radius 3 is 2.25 bits per heavy atom. The second-order valence-corrected chi connectivity index (χ2v) is 2.33. The van der Waals surface area contributed by atoms with Crippen LogP contribution < -0.4 is 0 Å². The number of aliphatic hydroxyl groups excluding tert-OH is 1. The molecule has 0 aliphatic rings. The molecule has 8 heavy (non-hydrogen) atoms. The predicted octanol–water partition coefficient (Wildman–Crippen LogP) is 0.592. The van der Waals surface area contributed by atoms with Gasteiger partial charge >= 0.3 is 0 Å². The van der Waals surface area contributed by atoms with Crippen molar-refractivity contribution in [2.45, 2.75) is 26.4 Å². The topological polar surface area (TPSA) is 37.3 Å². The molecule has 0 aromatic carbocycles. The van der Waals surface area contributed by atoms with Crippen LogP contribution in [0.4, 0.5) is 0 Å². The number of rotatable bonds is 3. The van der Waals surface area contributed by atoms with E-state index in [-0.39, 0.29) is 0 Å². The predicted molar refractivity (Wildman–Crippen MR) is 31.5 cm³/mol. The molecule has 48 valence electrons. The molecule has 0 aliphatic carbocycles. The fourth-order valence-corrected chi connectivity index (χ4v) is 0.539. The van der Waals surface area contributed by atoms with Crippen molar-refractivity contribution in [2.24, 2.45) is 5.92 Å². The molecule has 0 aromatic rings. The standard InChI is InChI=1S/C6H12O2/c1-5(2)3-6(8)4-7/h4-6,8H,3H2,1-2H3. The van der Waals surface area contributed by atoms with E-state index in [0.717, 1.165) is 0 Å². The quantitative estimate of drug-likeness (QED) is 0.548. The molecule has 0 spiro atoms. The molecule has 0 heterocycles. The number of carbonyl (C=O) groups excluding carboxylic acids is 1. The van der Waals surface area contributed by atoms with Gasteiger partial charge < -0.3 is 9.90 Å². The highest BCUT2D eigenvalue weighted by Crippen LogP contribution is 2.01. The molecule has 0 saturated heterocycles. The zero-order valence-corrected chi connectivity index (χ0v) is 5.29. The summed E-state index contributed by atoms with van der Waals surface area (Å²) in [5, 5.41) is 8.66. The first-order valence-electron chi connectivity index (χ1n) is 2.80. The molecule has 2 nitrogen and oxygen atoms in total. The Morgan fingerprint density at radius 2 is 2.12 bits per heavy atom. The van der Waals surface area contributed by atoms with Gasteiger partial charge in [0.05, 0.1) is 0 Å². The summed E-state index contributed by atoms with van der Waals surface area (Å²) < 4.78 is 0. The molecule has 2 heteroatoms. The largest absolute Gasteiger partial charge is 0.386 e. The molecular formula is C6H12O2. The van der Waals surface area contributed by atoms with E-state index in [0.29, 0.717) is 18.6 Å².